The fourth-order valence-corrected chi connectivity index (χ4v) is 4.12. The number of carbonyl (C=O) groups excluding carboxylic acids is 1. The summed E-state index contributed by atoms with van der Waals surface area (Å²) < 4.78 is 7.34. The Morgan fingerprint density at radius 3 is 2.64 bits per heavy atom. The molecule has 0 unspecified atom stereocenters. The number of carbonyl (C=O) groups is 1. The summed E-state index contributed by atoms with van der Waals surface area (Å²) in [7, 11) is 0. The van der Waals surface area contributed by atoms with Gasteiger partial charge in [0.05, 0.1) is 42.2 Å². The molecule has 2 aromatic carbocycles. The lowest BCUT2D eigenvalue weighted by molar-refractivity contribution is -0.384. The summed E-state index contributed by atoms with van der Waals surface area (Å²) in [5, 5.41) is 32.6. The van der Waals surface area contributed by atoms with Crippen LogP contribution in [-0.4, -0.2) is 67.7 Å². The number of nitrogens with one attached hydrogen (secondary N) is 1. The van der Waals surface area contributed by atoms with E-state index in [0.29, 0.717) is 24.9 Å². The molecule has 11 nitrogen and oxygen atoms in total. The Morgan fingerprint density at radius 1 is 1.18 bits per heavy atom. The van der Waals surface area contributed by atoms with Gasteiger partial charge in [-0.25, -0.2) is 0 Å². The van der Waals surface area contributed by atoms with Gasteiger partial charge in [0.1, 0.15) is 5.75 Å². The maximum absolute atomic E-state index is 12.5. The van der Waals surface area contributed by atoms with E-state index in [4.69, 9.17) is 4.74 Å². The number of aromatic nitrogens is 3. The van der Waals surface area contributed by atoms with Crippen molar-refractivity contribution in [3.8, 4) is 11.4 Å². The van der Waals surface area contributed by atoms with Gasteiger partial charge in [0.15, 0.2) is 11.0 Å². The Balaban J connectivity index is 1.47. The van der Waals surface area contributed by atoms with Crippen molar-refractivity contribution in [3.05, 3.63) is 64.5 Å². The van der Waals surface area contributed by atoms with Crippen molar-refractivity contribution < 1.29 is 19.6 Å². The number of hydrogen-bond donors (Lipinski definition) is 2. The van der Waals surface area contributed by atoms with Gasteiger partial charge in [0.2, 0.25) is 5.91 Å². The third-order valence-corrected chi connectivity index (χ3v) is 5.91. The molecule has 0 bridgehead atoms. The van der Waals surface area contributed by atoms with Crippen molar-refractivity contribution >= 4 is 29.0 Å². The number of nitro groups is 1. The van der Waals surface area contributed by atoms with Crippen LogP contribution in [0.25, 0.3) is 5.69 Å². The summed E-state index contributed by atoms with van der Waals surface area (Å²) in [5.41, 5.74) is 0.731. The first-order chi connectivity index (χ1) is 16.0. The highest BCUT2D eigenvalue weighted by Crippen LogP contribution is 2.28. The molecule has 0 radical (unpaired) electrons. The molecule has 2 heterocycles. The topological polar surface area (TPSA) is 136 Å². The average molecular weight is 471 g/mol. The summed E-state index contributed by atoms with van der Waals surface area (Å²) in [6, 6.07) is 13.2. The fourth-order valence-electron chi connectivity index (χ4n) is 3.35. The number of thioether (sulfide) groups is 1. The van der Waals surface area contributed by atoms with Crippen molar-refractivity contribution in [2.45, 2.75) is 11.7 Å². The average Bonchev–Trinajstić information content (AvgIpc) is 3.22. The van der Waals surface area contributed by atoms with Crippen LogP contribution < -0.4 is 5.32 Å². The molecule has 172 valence electrons. The monoisotopic (exact) mass is 470 g/mol. The lowest BCUT2D eigenvalue weighted by Crippen LogP contribution is -2.36. The molecule has 3 aromatic rings. The quantitative estimate of drug-likeness (QED) is 0.220. The highest BCUT2D eigenvalue weighted by Gasteiger charge is 2.20. The van der Waals surface area contributed by atoms with Crippen LogP contribution in [0.3, 0.4) is 0 Å². The highest BCUT2D eigenvalue weighted by atomic mass is 32.2. The number of benzene rings is 2. The molecule has 0 atom stereocenters. The molecule has 12 heteroatoms. The molecule has 1 aliphatic rings. The molecule has 0 aliphatic carbocycles. The van der Waals surface area contributed by atoms with Crippen molar-refractivity contribution in [2.24, 2.45) is 0 Å². The van der Waals surface area contributed by atoms with E-state index in [2.05, 4.69) is 20.4 Å². The zero-order valence-corrected chi connectivity index (χ0v) is 18.4. The molecule has 1 fully saturated rings. The lowest BCUT2D eigenvalue weighted by atomic mass is 10.2. The van der Waals surface area contributed by atoms with E-state index in [1.54, 1.807) is 0 Å². The van der Waals surface area contributed by atoms with Gasteiger partial charge in [-0.1, -0.05) is 30.0 Å². The second kappa shape index (κ2) is 10.4. The van der Waals surface area contributed by atoms with Crippen molar-refractivity contribution in [1.82, 2.24) is 19.7 Å². The molecule has 1 aliphatic heterocycles. The molecule has 2 N–H and O–H groups in total. The van der Waals surface area contributed by atoms with E-state index in [1.807, 2.05) is 34.9 Å². The third-order valence-electron chi connectivity index (χ3n) is 4.98. The number of nitro benzene ring substituents is 1. The van der Waals surface area contributed by atoms with Crippen LogP contribution in [0.15, 0.2) is 53.7 Å². The normalized spacial score (nSPS) is 14.2. The fraction of sp³-hybridized carbons (Fsp3) is 0.286. The summed E-state index contributed by atoms with van der Waals surface area (Å²) >= 11 is 1.21. The first kappa shape index (κ1) is 22.7. The molecule has 0 spiro atoms. The first-order valence-electron chi connectivity index (χ1n) is 10.2. The number of para-hydroxylation sites is 1. The number of amides is 1. The minimum absolute atomic E-state index is 0.0128. The number of nitrogens with zero attached hydrogens (tertiary/aromatic N) is 5. The van der Waals surface area contributed by atoms with E-state index in [0.717, 1.165) is 30.7 Å². The van der Waals surface area contributed by atoms with Gasteiger partial charge in [0.25, 0.3) is 5.69 Å². The number of phenols is 1. The Kier molecular flexibility index (Phi) is 7.17. The number of phenolic OH excluding ortho intramolecular Hbond substituents is 1. The first-order valence-corrected chi connectivity index (χ1v) is 11.2. The van der Waals surface area contributed by atoms with E-state index in [-0.39, 0.29) is 28.8 Å². The Hall–Kier alpha value is -3.48. The zero-order chi connectivity index (χ0) is 23.2. The molecular weight excluding hydrogens is 448 g/mol. The lowest BCUT2D eigenvalue weighted by Gasteiger charge is -2.26. The number of morpholine rings is 1. The van der Waals surface area contributed by atoms with Crippen LogP contribution >= 0.6 is 11.8 Å². The summed E-state index contributed by atoms with van der Waals surface area (Å²) in [6.07, 6.45) is 0. The van der Waals surface area contributed by atoms with Crippen LogP contribution in [0, 0.1) is 10.1 Å². The van der Waals surface area contributed by atoms with E-state index < -0.39 is 4.92 Å². The molecule has 1 amide bonds. The van der Waals surface area contributed by atoms with Gasteiger partial charge < -0.3 is 15.2 Å². The highest BCUT2D eigenvalue weighted by molar-refractivity contribution is 7.99. The second-order valence-corrected chi connectivity index (χ2v) is 8.20. The molecule has 1 aromatic heterocycles. The van der Waals surface area contributed by atoms with Gasteiger partial charge in [-0.3, -0.25) is 24.4 Å². The SMILES string of the molecule is O=C(CSc1nnc(CN2CCOCC2)n1-c1ccccc1)Nc1ccc([N+](=O)[O-])cc1O. The third kappa shape index (κ3) is 5.66. The van der Waals surface area contributed by atoms with Crippen LogP contribution in [0.4, 0.5) is 11.4 Å². The van der Waals surface area contributed by atoms with Gasteiger partial charge in [0, 0.05) is 24.8 Å². The minimum atomic E-state index is -0.619. The Bertz CT molecular complexity index is 1130. The van der Waals surface area contributed by atoms with Gasteiger partial charge in [-0.05, 0) is 18.2 Å². The maximum atomic E-state index is 12.5. The Labute approximate surface area is 193 Å². The van der Waals surface area contributed by atoms with E-state index in [1.165, 1.54) is 23.9 Å². The maximum Gasteiger partial charge on any atom is 0.273 e. The summed E-state index contributed by atoms with van der Waals surface area (Å²) in [4.78, 5) is 24.9. The molecule has 33 heavy (non-hydrogen) atoms. The van der Waals surface area contributed by atoms with Gasteiger partial charge >= 0.3 is 0 Å². The molecule has 0 saturated carbocycles. The van der Waals surface area contributed by atoms with Gasteiger partial charge in [-0.15, -0.1) is 10.2 Å². The summed E-state index contributed by atoms with van der Waals surface area (Å²) in [6.45, 7) is 3.58. The van der Waals surface area contributed by atoms with Gasteiger partial charge in [-0.2, -0.15) is 0 Å². The molecular formula is C21H22N6O5S. The van der Waals surface area contributed by atoms with Crippen LogP contribution in [-0.2, 0) is 16.1 Å². The van der Waals surface area contributed by atoms with E-state index >= 15 is 0 Å². The number of hydrogen-bond acceptors (Lipinski definition) is 9. The van der Waals surface area contributed by atoms with E-state index in [9.17, 15) is 20.0 Å². The van der Waals surface area contributed by atoms with Crippen LogP contribution in [0.5, 0.6) is 5.75 Å². The largest absolute Gasteiger partial charge is 0.506 e. The van der Waals surface area contributed by atoms with Crippen LogP contribution in [0.1, 0.15) is 5.82 Å². The summed E-state index contributed by atoms with van der Waals surface area (Å²) in [5.74, 6) is 0.0159. The minimum Gasteiger partial charge on any atom is -0.506 e. The standard InChI is InChI=1S/C21H22N6O5S/c28-18-12-16(27(30)31)6-7-17(18)22-20(29)14-33-21-24-23-19(13-25-8-10-32-11-9-25)26(21)15-4-2-1-3-5-15/h1-7,12,28H,8-11,13-14H2,(H,22,29). The van der Waals surface area contributed by atoms with Crippen molar-refractivity contribution in [1.29, 1.82) is 0 Å². The number of aromatic hydroxyl groups is 1. The molecule has 4 rings (SSSR count). The van der Waals surface area contributed by atoms with Crippen molar-refractivity contribution in [3.63, 3.8) is 0 Å². The number of ether oxygens (including phenoxy) is 1. The Morgan fingerprint density at radius 2 is 1.94 bits per heavy atom. The number of rotatable bonds is 8. The predicted molar refractivity (Wildman–Crippen MR) is 122 cm³/mol. The smallest absolute Gasteiger partial charge is 0.273 e. The number of non-ortho nitro benzene ring substituents is 1. The number of anilines is 1. The molecule has 1 saturated heterocycles. The van der Waals surface area contributed by atoms with Crippen molar-refractivity contribution in [2.75, 3.05) is 37.4 Å². The predicted octanol–water partition coefficient (Wildman–Crippen LogP) is 2.44. The second-order valence-electron chi connectivity index (χ2n) is 7.25. The van der Waals surface area contributed by atoms with Crippen LogP contribution in [0.2, 0.25) is 0 Å². The zero-order valence-electron chi connectivity index (χ0n) is 17.6.